The Labute approximate surface area is 132 Å². The molecule has 3 heteroatoms. The van der Waals surface area contributed by atoms with Gasteiger partial charge in [0.05, 0.1) is 0 Å². The molecular weight excluding hydrogens is 276 g/mol. The van der Waals surface area contributed by atoms with Gasteiger partial charge in [-0.3, -0.25) is 0 Å². The van der Waals surface area contributed by atoms with Crippen molar-refractivity contribution in [2.75, 3.05) is 5.32 Å². The lowest BCUT2D eigenvalue weighted by molar-refractivity contribution is 0.609. The van der Waals surface area contributed by atoms with Crippen LogP contribution in [0.1, 0.15) is 24.5 Å². The minimum atomic E-state index is 0.343. The van der Waals surface area contributed by atoms with Crippen molar-refractivity contribution in [2.45, 2.75) is 32.7 Å². The average Bonchev–Trinajstić information content (AvgIpc) is 2.46. The first-order chi connectivity index (χ1) is 10.1. The van der Waals surface area contributed by atoms with E-state index in [1.54, 1.807) is 0 Å². The van der Waals surface area contributed by atoms with Crippen LogP contribution >= 0.6 is 12.2 Å². The van der Waals surface area contributed by atoms with Crippen molar-refractivity contribution < 1.29 is 0 Å². The van der Waals surface area contributed by atoms with E-state index in [0.29, 0.717) is 11.2 Å². The number of anilines is 1. The van der Waals surface area contributed by atoms with Gasteiger partial charge in [0.25, 0.3) is 0 Å². The van der Waals surface area contributed by atoms with Gasteiger partial charge < -0.3 is 10.6 Å². The molecule has 0 aliphatic carbocycles. The monoisotopic (exact) mass is 298 g/mol. The van der Waals surface area contributed by atoms with Crippen LogP contribution in [0.5, 0.6) is 0 Å². The largest absolute Gasteiger partial charge is 0.360 e. The highest BCUT2D eigenvalue weighted by Gasteiger charge is 2.05. The number of hydrogen-bond donors (Lipinski definition) is 2. The zero-order valence-electron chi connectivity index (χ0n) is 12.6. The molecule has 2 aromatic carbocycles. The number of benzene rings is 2. The number of aryl methyl sites for hydroxylation is 2. The first kappa shape index (κ1) is 15.5. The van der Waals surface area contributed by atoms with Crippen molar-refractivity contribution in [2.24, 2.45) is 0 Å². The molecule has 21 heavy (non-hydrogen) atoms. The molecular formula is C18H22N2S. The third kappa shape index (κ3) is 5.56. The van der Waals surface area contributed by atoms with Crippen LogP contribution in [0.25, 0.3) is 0 Å². The first-order valence-corrected chi connectivity index (χ1v) is 7.72. The predicted octanol–water partition coefficient (Wildman–Crippen LogP) is 4.30. The van der Waals surface area contributed by atoms with Gasteiger partial charge in [-0.1, -0.05) is 42.5 Å². The quantitative estimate of drug-likeness (QED) is 0.805. The van der Waals surface area contributed by atoms with Crippen LogP contribution in [0, 0.1) is 6.92 Å². The van der Waals surface area contributed by atoms with Crippen LogP contribution in [-0.2, 0) is 6.42 Å². The Morgan fingerprint density at radius 3 is 2.57 bits per heavy atom. The molecule has 2 rings (SSSR count). The Morgan fingerprint density at radius 1 is 1.10 bits per heavy atom. The normalized spacial score (nSPS) is 11.7. The fraction of sp³-hybridized carbons (Fsp3) is 0.278. The van der Waals surface area contributed by atoms with Gasteiger partial charge in [-0.15, -0.1) is 0 Å². The van der Waals surface area contributed by atoms with Gasteiger partial charge in [-0.25, -0.2) is 0 Å². The Balaban J connectivity index is 1.77. The number of nitrogens with one attached hydrogen (secondary N) is 2. The van der Waals surface area contributed by atoms with E-state index in [2.05, 4.69) is 60.9 Å². The molecule has 2 aromatic rings. The molecule has 0 fully saturated rings. The van der Waals surface area contributed by atoms with E-state index in [-0.39, 0.29) is 0 Å². The third-order valence-electron chi connectivity index (χ3n) is 3.36. The van der Waals surface area contributed by atoms with E-state index in [1.807, 2.05) is 18.2 Å². The SMILES string of the molecule is Cc1cccc(NC(=S)N[C@@H](C)CCc2ccccc2)c1. The lowest BCUT2D eigenvalue weighted by Gasteiger charge is -2.17. The molecule has 0 heterocycles. The fourth-order valence-corrected chi connectivity index (χ4v) is 2.53. The Bertz CT molecular complexity index is 581. The van der Waals surface area contributed by atoms with Gasteiger partial charge in [0.2, 0.25) is 0 Å². The van der Waals surface area contributed by atoms with Crippen LogP contribution in [0.4, 0.5) is 5.69 Å². The lowest BCUT2D eigenvalue weighted by atomic mass is 10.1. The van der Waals surface area contributed by atoms with Crippen LogP contribution in [0.3, 0.4) is 0 Å². The summed E-state index contributed by atoms with van der Waals surface area (Å²) in [6, 6.07) is 19.1. The molecule has 2 N–H and O–H groups in total. The maximum Gasteiger partial charge on any atom is 0.170 e. The highest BCUT2D eigenvalue weighted by molar-refractivity contribution is 7.80. The van der Waals surface area contributed by atoms with Crippen molar-refractivity contribution in [3.8, 4) is 0 Å². The van der Waals surface area contributed by atoms with E-state index in [1.165, 1.54) is 11.1 Å². The van der Waals surface area contributed by atoms with Crippen molar-refractivity contribution in [1.29, 1.82) is 0 Å². The maximum absolute atomic E-state index is 5.36. The van der Waals surface area contributed by atoms with Gasteiger partial charge in [-0.05, 0) is 62.2 Å². The van der Waals surface area contributed by atoms with Gasteiger partial charge in [-0.2, -0.15) is 0 Å². The standard InChI is InChI=1S/C18H22N2S/c1-14-7-6-10-17(13-14)20-18(21)19-15(2)11-12-16-8-4-3-5-9-16/h3-10,13,15H,11-12H2,1-2H3,(H2,19,20,21)/t15-/m0/s1. The van der Waals surface area contributed by atoms with Gasteiger partial charge >= 0.3 is 0 Å². The summed E-state index contributed by atoms with van der Waals surface area (Å²) in [5.74, 6) is 0. The molecule has 0 unspecified atom stereocenters. The molecule has 2 nitrogen and oxygen atoms in total. The highest BCUT2D eigenvalue weighted by Crippen LogP contribution is 2.10. The van der Waals surface area contributed by atoms with Crippen LogP contribution in [-0.4, -0.2) is 11.2 Å². The van der Waals surface area contributed by atoms with Crippen molar-refractivity contribution in [3.63, 3.8) is 0 Å². The molecule has 0 amide bonds. The smallest absolute Gasteiger partial charge is 0.170 e. The second kappa shape index (κ2) is 7.79. The summed E-state index contributed by atoms with van der Waals surface area (Å²) in [6.45, 7) is 4.23. The molecule has 0 aliphatic heterocycles. The van der Waals surface area contributed by atoms with Crippen molar-refractivity contribution in [3.05, 3.63) is 65.7 Å². The van der Waals surface area contributed by atoms with E-state index in [9.17, 15) is 0 Å². The van der Waals surface area contributed by atoms with Crippen LogP contribution < -0.4 is 10.6 Å². The minimum absolute atomic E-state index is 0.343. The summed E-state index contributed by atoms with van der Waals surface area (Å²) in [6.07, 6.45) is 2.11. The second-order valence-corrected chi connectivity index (χ2v) is 5.80. The summed E-state index contributed by atoms with van der Waals surface area (Å²) >= 11 is 5.36. The van der Waals surface area contributed by atoms with E-state index in [4.69, 9.17) is 12.2 Å². The molecule has 0 bridgehead atoms. The minimum Gasteiger partial charge on any atom is -0.360 e. The fourth-order valence-electron chi connectivity index (χ4n) is 2.21. The first-order valence-electron chi connectivity index (χ1n) is 7.31. The molecule has 110 valence electrons. The topological polar surface area (TPSA) is 24.1 Å². The van der Waals surface area contributed by atoms with Crippen LogP contribution in [0.2, 0.25) is 0 Å². The summed E-state index contributed by atoms with van der Waals surface area (Å²) in [5.41, 5.74) is 3.62. The van der Waals surface area contributed by atoms with Crippen molar-refractivity contribution in [1.82, 2.24) is 5.32 Å². The van der Waals surface area contributed by atoms with Crippen LogP contribution in [0.15, 0.2) is 54.6 Å². The zero-order valence-corrected chi connectivity index (χ0v) is 13.4. The molecule has 0 radical (unpaired) electrons. The maximum atomic E-state index is 5.36. The van der Waals surface area contributed by atoms with Gasteiger partial charge in [0, 0.05) is 11.7 Å². The Hall–Kier alpha value is -1.87. The molecule has 0 saturated carbocycles. The highest BCUT2D eigenvalue weighted by atomic mass is 32.1. The van der Waals surface area contributed by atoms with Crippen molar-refractivity contribution >= 4 is 23.0 Å². The summed E-state index contributed by atoms with van der Waals surface area (Å²) in [7, 11) is 0. The van der Waals surface area contributed by atoms with Gasteiger partial charge in [0.15, 0.2) is 5.11 Å². The number of rotatable bonds is 5. The molecule has 1 atom stereocenters. The Kier molecular flexibility index (Phi) is 5.76. The summed E-state index contributed by atoms with van der Waals surface area (Å²) in [5, 5.41) is 7.25. The Morgan fingerprint density at radius 2 is 1.86 bits per heavy atom. The average molecular weight is 298 g/mol. The summed E-state index contributed by atoms with van der Waals surface area (Å²) in [4.78, 5) is 0. The van der Waals surface area contributed by atoms with E-state index < -0.39 is 0 Å². The van der Waals surface area contributed by atoms with E-state index in [0.717, 1.165) is 18.5 Å². The second-order valence-electron chi connectivity index (χ2n) is 5.39. The lowest BCUT2D eigenvalue weighted by Crippen LogP contribution is -2.36. The summed E-state index contributed by atoms with van der Waals surface area (Å²) < 4.78 is 0. The number of thiocarbonyl (C=S) groups is 1. The molecule has 0 aromatic heterocycles. The molecule has 0 saturated heterocycles. The predicted molar refractivity (Wildman–Crippen MR) is 94.8 cm³/mol. The molecule has 0 spiro atoms. The number of hydrogen-bond acceptors (Lipinski definition) is 1. The third-order valence-corrected chi connectivity index (χ3v) is 3.58. The molecule has 0 aliphatic rings. The van der Waals surface area contributed by atoms with E-state index >= 15 is 0 Å². The zero-order chi connectivity index (χ0) is 15.1. The van der Waals surface area contributed by atoms with Gasteiger partial charge in [0.1, 0.15) is 0 Å².